The van der Waals surface area contributed by atoms with Gasteiger partial charge in [-0.25, -0.2) is 0 Å². The van der Waals surface area contributed by atoms with Crippen molar-refractivity contribution in [2.75, 3.05) is 13.7 Å². The molecule has 0 amide bonds. The van der Waals surface area contributed by atoms with Crippen LogP contribution in [0.4, 0.5) is 0 Å². The van der Waals surface area contributed by atoms with E-state index in [2.05, 4.69) is 10.1 Å². The summed E-state index contributed by atoms with van der Waals surface area (Å²) >= 11 is 0. The molecule has 18 heavy (non-hydrogen) atoms. The number of carbonyl (C=O) groups excluding carboxylic acids is 2. The molecule has 0 radical (unpaired) electrons. The SMILES string of the molecule is COC(=O)CC1CCCN[C@@H]1C(=O)OC(C)(C)C. The maximum absolute atomic E-state index is 12.1. The van der Waals surface area contributed by atoms with Gasteiger partial charge in [0.2, 0.25) is 0 Å². The molecule has 0 saturated carbocycles. The average molecular weight is 257 g/mol. The molecule has 0 spiro atoms. The number of methoxy groups -OCH3 is 1. The Bertz CT molecular complexity index is 309. The first-order chi connectivity index (χ1) is 8.33. The molecule has 0 aromatic heterocycles. The minimum Gasteiger partial charge on any atom is -0.469 e. The van der Waals surface area contributed by atoms with Crippen LogP contribution in [0, 0.1) is 5.92 Å². The summed E-state index contributed by atoms with van der Waals surface area (Å²) in [4.78, 5) is 23.4. The van der Waals surface area contributed by atoms with Crippen molar-refractivity contribution in [3.05, 3.63) is 0 Å². The quantitative estimate of drug-likeness (QED) is 0.771. The van der Waals surface area contributed by atoms with Crippen LogP contribution in [0.15, 0.2) is 0 Å². The number of esters is 2. The fraction of sp³-hybridized carbons (Fsp3) is 0.846. The second-order valence-corrected chi connectivity index (χ2v) is 5.65. The summed E-state index contributed by atoms with van der Waals surface area (Å²) in [6.07, 6.45) is 2.06. The molecule has 1 aliphatic rings. The summed E-state index contributed by atoms with van der Waals surface area (Å²) in [6, 6.07) is -0.405. The average Bonchev–Trinajstić information content (AvgIpc) is 2.27. The van der Waals surface area contributed by atoms with Crippen molar-refractivity contribution >= 4 is 11.9 Å². The molecule has 1 aliphatic heterocycles. The zero-order valence-electron chi connectivity index (χ0n) is 11.6. The van der Waals surface area contributed by atoms with Crippen LogP contribution in [0.25, 0.3) is 0 Å². The standard InChI is InChI=1S/C13H23NO4/c1-13(2,3)18-12(16)11-9(6-5-7-14-11)8-10(15)17-4/h9,11,14H,5-8H2,1-4H3/t9?,11-/m0/s1. The Morgan fingerprint density at radius 2 is 2.00 bits per heavy atom. The number of rotatable bonds is 3. The van der Waals surface area contributed by atoms with E-state index >= 15 is 0 Å². The Morgan fingerprint density at radius 1 is 1.33 bits per heavy atom. The molecule has 104 valence electrons. The minimum absolute atomic E-state index is 0.0407. The number of piperidine rings is 1. The molecular weight excluding hydrogens is 234 g/mol. The normalized spacial score (nSPS) is 24.4. The maximum atomic E-state index is 12.1. The van der Waals surface area contributed by atoms with Crippen LogP contribution >= 0.6 is 0 Å². The first-order valence-corrected chi connectivity index (χ1v) is 6.36. The largest absolute Gasteiger partial charge is 0.469 e. The van der Waals surface area contributed by atoms with Crippen molar-refractivity contribution in [1.82, 2.24) is 5.32 Å². The third-order valence-electron chi connectivity index (χ3n) is 2.90. The number of hydrogen-bond acceptors (Lipinski definition) is 5. The fourth-order valence-electron chi connectivity index (χ4n) is 2.11. The predicted molar refractivity (Wildman–Crippen MR) is 67.0 cm³/mol. The fourth-order valence-corrected chi connectivity index (χ4v) is 2.11. The summed E-state index contributed by atoms with van der Waals surface area (Å²) in [6.45, 7) is 6.29. The van der Waals surface area contributed by atoms with Crippen molar-refractivity contribution < 1.29 is 19.1 Å². The van der Waals surface area contributed by atoms with Crippen molar-refractivity contribution in [3.8, 4) is 0 Å². The van der Waals surface area contributed by atoms with E-state index in [1.807, 2.05) is 20.8 Å². The Kier molecular flexibility index (Phi) is 5.14. The van der Waals surface area contributed by atoms with E-state index in [1.165, 1.54) is 7.11 Å². The van der Waals surface area contributed by atoms with E-state index < -0.39 is 11.6 Å². The molecule has 1 rings (SSSR count). The number of ether oxygens (including phenoxy) is 2. The lowest BCUT2D eigenvalue weighted by molar-refractivity contribution is -0.160. The third kappa shape index (κ3) is 4.64. The summed E-state index contributed by atoms with van der Waals surface area (Å²) in [5, 5.41) is 3.14. The van der Waals surface area contributed by atoms with Gasteiger partial charge in [0, 0.05) is 0 Å². The van der Waals surface area contributed by atoms with E-state index in [0.717, 1.165) is 19.4 Å². The lowest BCUT2D eigenvalue weighted by Gasteiger charge is -2.32. The van der Waals surface area contributed by atoms with Gasteiger partial charge in [0.05, 0.1) is 13.5 Å². The van der Waals surface area contributed by atoms with Gasteiger partial charge in [-0.15, -0.1) is 0 Å². The Labute approximate surface area is 108 Å². The van der Waals surface area contributed by atoms with Gasteiger partial charge in [-0.3, -0.25) is 9.59 Å². The summed E-state index contributed by atoms with van der Waals surface area (Å²) in [7, 11) is 1.36. The highest BCUT2D eigenvalue weighted by Gasteiger charge is 2.35. The number of nitrogens with one attached hydrogen (secondary N) is 1. The molecule has 0 aliphatic carbocycles. The molecule has 1 fully saturated rings. The van der Waals surface area contributed by atoms with Gasteiger partial charge in [0.15, 0.2) is 0 Å². The van der Waals surface area contributed by atoms with Crippen LogP contribution in [0.3, 0.4) is 0 Å². The molecule has 0 aromatic carbocycles. The van der Waals surface area contributed by atoms with Crippen molar-refractivity contribution in [2.24, 2.45) is 5.92 Å². The van der Waals surface area contributed by atoms with Gasteiger partial charge in [-0.2, -0.15) is 0 Å². The molecule has 1 saturated heterocycles. The predicted octanol–water partition coefficient (Wildman–Crippen LogP) is 1.26. The van der Waals surface area contributed by atoms with Crippen LogP contribution in [-0.2, 0) is 19.1 Å². The van der Waals surface area contributed by atoms with Crippen LogP contribution in [-0.4, -0.2) is 37.2 Å². The van der Waals surface area contributed by atoms with E-state index in [4.69, 9.17) is 4.74 Å². The van der Waals surface area contributed by atoms with Gasteiger partial charge in [0.1, 0.15) is 11.6 Å². The van der Waals surface area contributed by atoms with Crippen LogP contribution < -0.4 is 5.32 Å². The highest BCUT2D eigenvalue weighted by molar-refractivity contribution is 5.78. The zero-order valence-corrected chi connectivity index (χ0v) is 11.6. The van der Waals surface area contributed by atoms with Crippen LogP contribution in [0.2, 0.25) is 0 Å². The molecular formula is C13H23NO4. The molecule has 2 atom stereocenters. The van der Waals surface area contributed by atoms with Crippen molar-refractivity contribution in [3.63, 3.8) is 0 Å². The molecule has 1 heterocycles. The second-order valence-electron chi connectivity index (χ2n) is 5.65. The monoisotopic (exact) mass is 257 g/mol. The summed E-state index contributed by atoms with van der Waals surface area (Å²) < 4.78 is 10.0. The van der Waals surface area contributed by atoms with Crippen molar-refractivity contribution in [2.45, 2.75) is 51.7 Å². The Balaban J connectivity index is 2.64. The van der Waals surface area contributed by atoms with Crippen LogP contribution in [0.5, 0.6) is 0 Å². The van der Waals surface area contributed by atoms with Gasteiger partial charge < -0.3 is 14.8 Å². The van der Waals surface area contributed by atoms with E-state index in [9.17, 15) is 9.59 Å². The smallest absolute Gasteiger partial charge is 0.323 e. The highest BCUT2D eigenvalue weighted by atomic mass is 16.6. The Morgan fingerprint density at radius 3 is 2.56 bits per heavy atom. The first-order valence-electron chi connectivity index (χ1n) is 6.36. The topological polar surface area (TPSA) is 64.6 Å². The molecule has 0 bridgehead atoms. The Hall–Kier alpha value is -1.10. The number of hydrogen-bond donors (Lipinski definition) is 1. The van der Waals surface area contributed by atoms with Gasteiger partial charge >= 0.3 is 11.9 Å². The molecule has 5 heteroatoms. The van der Waals surface area contributed by atoms with Crippen LogP contribution in [0.1, 0.15) is 40.0 Å². The lowest BCUT2D eigenvalue weighted by Crippen LogP contribution is -2.49. The van der Waals surface area contributed by atoms with Gasteiger partial charge in [-0.05, 0) is 46.1 Å². The third-order valence-corrected chi connectivity index (χ3v) is 2.90. The number of carbonyl (C=O) groups is 2. The highest BCUT2D eigenvalue weighted by Crippen LogP contribution is 2.23. The molecule has 0 aromatic rings. The maximum Gasteiger partial charge on any atom is 0.323 e. The first kappa shape index (κ1) is 15.0. The minimum atomic E-state index is -0.508. The summed E-state index contributed by atoms with van der Waals surface area (Å²) in [5.41, 5.74) is -0.508. The molecule has 1 unspecified atom stereocenters. The molecule has 1 N–H and O–H groups in total. The lowest BCUT2D eigenvalue weighted by atomic mass is 9.88. The summed E-state index contributed by atoms with van der Waals surface area (Å²) in [5.74, 6) is -0.602. The van der Waals surface area contributed by atoms with Gasteiger partial charge in [-0.1, -0.05) is 0 Å². The molecule has 5 nitrogen and oxygen atoms in total. The van der Waals surface area contributed by atoms with Gasteiger partial charge in [0.25, 0.3) is 0 Å². The van der Waals surface area contributed by atoms with E-state index in [-0.39, 0.29) is 24.3 Å². The zero-order chi connectivity index (χ0) is 13.8. The second kappa shape index (κ2) is 6.18. The van der Waals surface area contributed by atoms with Crippen molar-refractivity contribution in [1.29, 1.82) is 0 Å². The van der Waals surface area contributed by atoms with E-state index in [1.54, 1.807) is 0 Å². The van der Waals surface area contributed by atoms with E-state index in [0.29, 0.717) is 0 Å².